The summed E-state index contributed by atoms with van der Waals surface area (Å²) in [6.07, 6.45) is 3.28. The summed E-state index contributed by atoms with van der Waals surface area (Å²) < 4.78 is 0. The first-order chi connectivity index (χ1) is 8.71. The Morgan fingerprint density at radius 3 is 2.61 bits per heavy atom. The van der Waals surface area contributed by atoms with Gasteiger partial charge in [0.1, 0.15) is 0 Å². The van der Waals surface area contributed by atoms with Crippen LogP contribution in [0.3, 0.4) is 0 Å². The zero-order valence-corrected chi connectivity index (χ0v) is 13.4. The lowest BCUT2D eigenvalue weighted by Gasteiger charge is -2.25. The van der Waals surface area contributed by atoms with Gasteiger partial charge in [-0.05, 0) is 28.0 Å². The fraction of sp³-hybridized carbons (Fsp3) is 0.250. The summed E-state index contributed by atoms with van der Waals surface area (Å²) >= 11 is 4.10. The van der Waals surface area contributed by atoms with Crippen molar-refractivity contribution in [1.82, 2.24) is 0 Å². The molecule has 2 aromatic rings. The molecule has 0 aliphatic rings. The third-order valence-corrected chi connectivity index (χ3v) is 10.5. The molecule has 0 N–H and O–H groups in total. The number of rotatable bonds is 5. The predicted molar refractivity (Wildman–Crippen MR) is 88.4 cm³/mol. The summed E-state index contributed by atoms with van der Waals surface area (Å²) in [5.41, 5.74) is 0. The molecular weight excluding hydrogens is 300 g/mol. The first-order valence-corrected chi connectivity index (χ1v) is 11.2. The van der Waals surface area contributed by atoms with Crippen LogP contribution >= 0.6 is 15.3 Å². The van der Waals surface area contributed by atoms with Gasteiger partial charge in [0.25, 0.3) is 0 Å². The SMILES string of the molecule is C=CC[Si](Br)(CCC)c1cccc2ccccc12. The molecule has 18 heavy (non-hydrogen) atoms. The summed E-state index contributed by atoms with van der Waals surface area (Å²) in [5, 5.41) is 4.26. The Kier molecular flexibility index (Phi) is 4.41. The third kappa shape index (κ3) is 2.60. The molecule has 2 aromatic carbocycles. The van der Waals surface area contributed by atoms with E-state index in [-0.39, 0.29) is 0 Å². The minimum atomic E-state index is -1.60. The van der Waals surface area contributed by atoms with E-state index in [0.717, 1.165) is 6.04 Å². The van der Waals surface area contributed by atoms with Crippen LogP contribution in [0.25, 0.3) is 10.8 Å². The average Bonchev–Trinajstić information content (AvgIpc) is 2.38. The van der Waals surface area contributed by atoms with E-state index < -0.39 is 6.69 Å². The molecule has 0 amide bonds. The molecule has 1 unspecified atom stereocenters. The molecule has 0 bridgehead atoms. The normalized spacial score (nSPS) is 14.3. The highest BCUT2D eigenvalue weighted by molar-refractivity contribution is 9.26. The Bertz CT molecular complexity index is 544. The molecule has 0 fully saturated rings. The van der Waals surface area contributed by atoms with Crippen molar-refractivity contribution in [2.24, 2.45) is 0 Å². The molecule has 2 rings (SSSR count). The summed E-state index contributed by atoms with van der Waals surface area (Å²) in [6.45, 7) is 4.60. The molecular formula is C16H19BrSi. The van der Waals surface area contributed by atoms with Crippen molar-refractivity contribution in [3.05, 3.63) is 55.1 Å². The number of fused-ring (bicyclic) bond motifs is 1. The zero-order valence-electron chi connectivity index (χ0n) is 10.8. The molecule has 1 atom stereocenters. The van der Waals surface area contributed by atoms with Crippen LogP contribution < -0.4 is 5.19 Å². The second kappa shape index (κ2) is 5.85. The predicted octanol–water partition coefficient (Wildman–Crippen LogP) is 4.98. The highest BCUT2D eigenvalue weighted by atomic mass is 79.9. The van der Waals surface area contributed by atoms with Gasteiger partial charge in [0.2, 0.25) is 0 Å². The Morgan fingerprint density at radius 1 is 1.17 bits per heavy atom. The van der Waals surface area contributed by atoms with E-state index >= 15 is 0 Å². The molecule has 0 aliphatic heterocycles. The molecule has 2 heteroatoms. The highest BCUT2D eigenvalue weighted by Crippen LogP contribution is 2.28. The van der Waals surface area contributed by atoms with Gasteiger partial charge in [0.15, 0.2) is 6.69 Å². The lowest BCUT2D eigenvalue weighted by molar-refractivity contribution is 1.06. The number of benzene rings is 2. The molecule has 0 aliphatic carbocycles. The van der Waals surface area contributed by atoms with E-state index in [1.165, 1.54) is 28.4 Å². The van der Waals surface area contributed by atoms with Gasteiger partial charge in [0, 0.05) is 0 Å². The van der Waals surface area contributed by atoms with E-state index in [2.05, 4.69) is 77.3 Å². The van der Waals surface area contributed by atoms with Crippen LogP contribution in [-0.2, 0) is 0 Å². The van der Waals surface area contributed by atoms with Crippen LogP contribution in [0.2, 0.25) is 12.1 Å². The number of hydrogen-bond donors (Lipinski definition) is 0. The summed E-state index contributed by atoms with van der Waals surface area (Å²) in [6, 6.07) is 17.7. The number of hydrogen-bond acceptors (Lipinski definition) is 0. The van der Waals surface area contributed by atoms with E-state index in [4.69, 9.17) is 0 Å². The van der Waals surface area contributed by atoms with Crippen molar-refractivity contribution >= 4 is 37.9 Å². The Hall–Kier alpha value is -0.863. The topological polar surface area (TPSA) is 0 Å². The standard InChI is InChI=1S/C16H19BrSi/c1-3-12-18(17,13-4-2)16-11-7-9-14-8-5-6-10-15(14)16/h3,5-11H,1,4,12-13H2,2H3. The Labute approximate surface area is 118 Å². The van der Waals surface area contributed by atoms with Crippen molar-refractivity contribution in [3.8, 4) is 0 Å². The van der Waals surface area contributed by atoms with Crippen LogP contribution in [0.5, 0.6) is 0 Å². The molecule has 94 valence electrons. The van der Waals surface area contributed by atoms with E-state index in [0.29, 0.717) is 0 Å². The molecule has 0 saturated heterocycles. The fourth-order valence-electron chi connectivity index (χ4n) is 2.59. The lowest BCUT2D eigenvalue weighted by Crippen LogP contribution is -2.41. The maximum atomic E-state index is 4.10. The summed E-state index contributed by atoms with van der Waals surface area (Å²) in [4.78, 5) is 0. The van der Waals surface area contributed by atoms with Gasteiger partial charge in [-0.2, -0.15) is 0 Å². The lowest BCUT2D eigenvalue weighted by atomic mass is 10.1. The largest absolute Gasteiger partial charge is 0.164 e. The van der Waals surface area contributed by atoms with E-state index in [1.807, 2.05) is 0 Å². The maximum Gasteiger partial charge on any atom is 0.164 e. The van der Waals surface area contributed by atoms with Gasteiger partial charge in [-0.1, -0.05) is 61.9 Å². The van der Waals surface area contributed by atoms with Crippen molar-refractivity contribution in [1.29, 1.82) is 0 Å². The third-order valence-electron chi connectivity index (χ3n) is 3.39. The van der Waals surface area contributed by atoms with Gasteiger partial charge < -0.3 is 0 Å². The van der Waals surface area contributed by atoms with Crippen LogP contribution in [0.15, 0.2) is 55.1 Å². The summed E-state index contributed by atoms with van der Waals surface area (Å²) in [5.74, 6) is 0. The van der Waals surface area contributed by atoms with Crippen molar-refractivity contribution in [2.75, 3.05) is 0 Å². The van der Waals surface area contributed by atoms with Gasteiger partial charge >= 0.3 is 0 Å². The van der Waals surface area contributed by atoms with Crippen LogP contribution in [0.1, 0.15) is 13.3 Å². The molecule has 0 nitrogen and oxygen atoms in total. The van der Waals surface area contributed by atoms with Crippen molar-refractivity contribution in [2.45, 2.75) is 25.4 Å². The van der Waals surface area contributed by atoms with E-state index in [9.17, 15) is 0 Å². The van der Waals surface area contributed by atoms with Gasteiger partial charge in [0.05, 0.1) is 0 Å². The molecule has 0 aromatic heterocycles. The molecule has 0 heterocycles. The quantitative estimate of drug-likeness (QED) is 0.414. The van der Waals surface area contributed by atoms with Crippen molar-refractivity contribution in [3.63, 3.8) is 0 Å². The molecule has 0 saturated carbocycles. The monoisotopic (exact) mass is 318 g/mol. The molecule has 0 radical (unpaired) electrons. The van der Waals surface area contributed by atoms with E-state index in [1.54, 1.807) is 0 Å². The van der Waals surface area contributed by atoms with Gasteiger partial charge in [-0.3, -0.25) is 0 Å². The van der Waals surface area contributed by atoms with Gasteiger partial charge in [-0.15, -0.1) is 21.9 Å². The average molecular weight is 319 g/mol. The first kappa shape index (κ1) is 13.6. The second-order valence-electron chi connectivity index (χ2n) is 4.73. The maximum absolute atomic E-state index is 4.10. The summed E-state index contributed by atoms with van der Waals surface area (Å²) in [7, 11) is 0. The Balaban J connectivity index is 2.60. The number of halogens is 1. The Morgan fingerprint density at radius 2 is 1.89 bits per heavy atom. The van der Waals surface area contributed by atoms with Gasteiger partial charge in [-0.25, -0.2) is 0 Å². The highest BCUT2D eigenvalue weighted by Gasteiger charge is 2.31. The van der Waals surface area contributed by atoms with Crippen LogP contribution in [0, 0.1) is 0 Å². The second-order valence-corrected chi connectivity index (χ2v) is 12.7. The molecule has 0 spiro atoms. The zero-order chi connectivity index (χ0) is 13.0. The minimum Gasteiger partial charge on any atom is -0.120 e. The first-order valence-electron chi connectivity index (χ1n) is 6.49. The van der Waals surface area contributed by atoms with Crippen LogP contribution in [0.4, 0.5) is 0 Å². The smallest absolute Gasteiger partial charge is 0.120 e. The van der Waals surface area contributed by atoms with Crippen molar-refractivity contribution < 1.29 is 0 Å². The fourth-order valence-corrected chi connectivity index (χ4v) is 8.55. The van der Waals surface area contributed by atoms with Crippen LogP contribution in [-0.4, -0.2) is 6.69 Å². The minimum absolute atomic E-state index is 1.09. The number of allylic oxidation sites excluding steroid dienone is 1.